The van der Waals surface area contributed by atoms with Gasteiger partial charge in [0.2, 0.25) is 0 Å². The molecule has 0 radical (unpaired) electrons. The van der Waals surface area contributed by atoms with Gasteiger partial charge in [0.25, 0.3) is 5.91 Å². The second kappa shape index (κ2) is 5.80. The zero-order chi connectivity index (χ0) is 13.8. The molecule has 0 aliphatic carbocycles. The smallest absolute Gasteiger partial charge is 0.270 e. The van der Waals surface area contributed by atoms with Gasteiger partial charge in [-0.05, 0) is 30.7 Å². The molecule has 0 spiro atoms. The first kappa shape index (κ1) is 13.5. The van der Waals surface area contributed by atoms with E-state index in [4.69, 9.17) is 11.6 Å². The molecule has 2 aromatic rings. The van der Waals surface area contributed by atoms with E-state index in [-0.39, 0.29) is 17.3 Å². The second-order valence-electron chi connectivity index (χ2n) is 4.04. The summed E-state index contributed by atoms with van der Waals surface area (Å²) in [6, 6.07) is 9.82. The maximum Gasteiger partial charge on any atom is 0.270 e. The van der Waals surface area contributed by atoms with Gasteiger partial charge in [-0.15, -0.1) is 0 Å². The van der Waals surface area contributed by atoms with Gasteiger partial charge in [0.05, 0.1) is 5.69 Å². The minimum atomic E-state index is -0.428. The number of benzene rings is 1. The van der Waals surface area contributed by atoms with Crippen molar-refractivity contribution < 1.29 is 9.18 Å². The van der Waals surface area contributed by atoms with Crippen LogP contribution in [0.2, 0.25) is 5.02 Å². The Morgan fingerprint density at radius 2 is 2.05 bits per heavy atom. The molecule has 3 nitrogen and oxygen atoms in total. The number of carbonyl (C=O) groups is 1. The highest BCUT2D eigenvalue weighted by molar-refractivity contribution is 6.31. The van der Waals surface area contributed by atoms with Crippen LogP contribution in [0.1, 0.15) is 21.7 Å². The lowest BCUT2D eigenvalue weighted by molar-refractivity contribution is 0.0945. The molecule has 1 amide bonds. The van der Waals surface area contributed by atoms with Crippen LogP contribution in [0, 0.1) is 12.7 Å². The molecule has 0 unspecified atom stereocenters. The van der Waals surface area contributed by atoms with E-state index >= 15 is 0 Å². The Morgan fingerprint density at radius 1 is 1.32 bits per heavy atom. The third kappa shape index (κ3) is 3.29. The van der Waals surface area contributed by atoms with E-state index in [0.717, 1.165) is 5.56 Å². The van der Waals surface area contributed by atoms with E-state index in [9.17, 15) is 9.18 Å². The van der Waals surface area contributed by atoms with Crippen LogP contribution in [0.5, 0.6) is 0 Å². The van der Waals surface area contributed by atoms with Gasteiger partial charge in [0, 0.05) is 11.6 Å². The van der Waals surface area contributed by atoms with Gasteiger partial charge in [0.1, 0.15) is 11.5 Å². The van der Waals surface area contributed by atoms with Crippen molar-refractivity contribution in [3.63, 3.8) is 0 Å². The second-order valence-corrected chi connectivity index (χ2v) is 4.45. The van der Waals surface area contributed by atoms with Crippen molar-refractivity contribution in [1.29, 1.82) is 0 Å². The highest BCUT2D eigenvalue weighted by Gasteiger charge is 2.09. The molecule has 1 aromatic heterocycles. The van der Waals surface area contributed by atoms with Crippen molar-refractivity contribution in [3.05, 3.63) is 64.2 Å². The molecule has 0 aliphatic rings. The maximum atomic E-state index is 13.1. The fraction of sp³-hybridized carbons (Fsp3) is 0.143. The van der Waals surface area contributed by atoms with Gasteiger partial charge >= 0.3 is 0 Å². The molecule has 0 aliphatic heterocycles. The van der Waals surface area contributed by atoms with Crippen LogP contribution in [0.3, 0.4) is 0 Å². The third-order valence-electron chi connectivity index (χ3n) is 2.65. The number of hydrogen-bond acceptors (Lipinski definition) is 2. The first-order chi connectivity index (χ1) is 9.08. The van der Waals surface area contributed by atoms with Crippen LogP contribution in [-0.4, -0.2) is 10.9 Å². The summed E-state index contributed by atoms with van der Waals surface area (Å²) in [5, 5.41) is 3.28. The number of hydrogen-bond donors (Lipinski definition) is 1. The standard InChI is InChI=1S/C14H12ClFN2O/c1-9-12(16)6-7-13(18-9)14(19)17-8-10-4-2-3-5-11(10)15/h2-7H,8H2,1H3,(H,17,19). The number of nitrogens with one attached hydrogen (secondary N) is 1. The minimum absolute atomic E-state index is 0.186. The molecule has 19 heavy (non-hydrogen) atoms. The molecule has 98 valence electrons. The quantitative estimate of drug-likeness (QED) is 0.937. The maximum absolute atomic E-state index is 13.1. The molecule has 0 bridgehead atoms. The molecule has 0 atom stereocenters. The first-order valence-corrected chi connectivity index (χ1v) is 6.10. The summed E-state index contributed by atoms with van der Waals surface area (Å²) in [7, 11) is 0. The number of aromatic nitrogens is 1. The summed E-state index contributed by atoms with van der Waals surface area (Å²) in [5.41, 5.74) is 1.20. The first-order valence-electron chi connectivity index (χ1n) is 5.72. The summed E-state index contributed by atoms with van der Waals surface area (Å²) >= 11 is 5.98. The van der Waals surface area contributed by atoms with E-state index in [2.05, 4.69) is 10.3 Å². The molecule has 0 saturated heterocycles. The number of nitrogens with zero attached hydrogens (tertiary/aromatic N) is 1. The Kier molecular flexibility index (Phi) is 4.12. The lowest BCUT2D eigenvalue weighted by Gasteiger charge is -2.07. The van der Waals surface area contributed by atoms with E-state index in [1.165, 1.54) is 19.1 Å². The summed E-state index contributed by atoms with van der Waals surface area (Å²) in [4.78, 5) is 15.7. The summed E-state index contributed by atoms with van der Waals surface area (Å²) in [6.07, 6.45) is 0. The molecular formula is C14H12ClFN2O. The predicted molar refractivity (Wildman–Crippen MR) is 71.6 cm³/mol. The Hall–Kier alpha value is -1.94. The average Bonchev–Trinajstić information content (AvgIpc) is 2.40. The van der Waals surface area contributed by atoms with Crippen LogP contribution in [-0.2, 0) is 6.54 Å². The fourth-order valence-electron chi connectivity index (χ4n) is 1.58. The van der Waals surface area contributed by atoms with Gasteiger partial charge in [-0.1, -0.05) is 29.8 Å². The highest BCUT2D eigenvalue weighted by Crippen LogP contribution is 2.14. The minimum Gasteiger partial charge on any atom is -0.347 e. The normalized spacial score (nSPS) is 10.3. The molecule has 1 aromatic carbocycles. The number of aryl methyl sites for hydroxylation is 1. The summed E-state index contributed by atoms with van der Waals surface area (Å²) in [5.74, 6) is -0.786. The third-order valence-corrected chi connectivity index (χ3v) is 3.02. The van der Waals surface area contributed by atoms with Crippen molar-refractivity contribution in [1.82, 2.24) is 10.3 Å². The lowest BCUT2D eigenvalue weighted by atomic mass is 10.2. The van der Waals surface area contributed by atoms with Crippen molar-refractivity contribution in [3.8, 4) is 0 Å². The van der Waals surface area contributed by atoms with Gasteiger partial charge in [-0.2, -0.15) is 0 Å². The van der Waals surface area contributed by atoms with E-state index in [0.29, 0.717) is 11.6 Å². The van der Waals surface area contributed by atoms with Crippen LogP contribution < -0.4 is 5.32 Å². The van der Waals surface area contributed by atoms with Gasteiger partial charge in [0.15, 0.2) is 0 Å². The molecule has 1 N–H and O–H groups in total. The fourth-order valence-corrected chi connectivity index (χ4v) is 1.78. The zero-order valence-electron chi connectivity index (χ0n) is 10.3. The number of rotatable bonds is 3. The Morgan fingerprint density at radius 3 is 2.74 bits per heavy atom. The number of carbonyl (C=O) groups excluding carboxylic acids is 1. The van der Waals surface area contributed by atoms with Gasteiger partial charge < -0.3 is 5.32 Å². The Labute approximate surface area is 115 Å². The summed E-state index contributed by atoms with van der Waals surface area (Å²) in [6.45, 7) is 1.82. The zero-order valence-corrected chi connectivity index (χ0v) is 11.0. The van der Waals surface area contributed by atoms with Gasteiger partial charge in [-0.25, -0.2) is 9.37 Å². The van der Waals surface area contributed by atoms with Crippen molar-refractivity contribution in [2.45, 2.75) is 13.5 Å². The number of amides is 1. The van der Waals surface area contributed by atoms with Crippen molar-refractivity contribution >= 4 is 17.5 Å². The van der Waals surface area contributed by atoms with E-state index < -0.39 is 5.82 Å². The lowest BCUT2D eigenvalue weighted by Crippen LogP contribution is -2.24. The van der Waals surface area contributed by atoms with Crippen LogP contribution in [0.15, 0.2) is 36.4 Å². The molecule has 2 rings (SSSR count). The SMILES string of the molecule is Cc1nc(C(=O)NCc2ccccc2Cl)ccc1F. The van der Waals surface area contributed by atoms with Crippen molar-refractivity contribution in [2.24, 2.45) is 0 Å². The largest absolute Gasteiger partial charge is 0.347 e. The Balaban J connectivity index is 2.05. The van der Waals surface area contributed by atoms with E-state index in [1.807, 2.05) is 18.2 Å². The number of halogens is 2. The van der Waals surface area contributed by atoms with Crippen molar-refractivity contribution in [2.75, 3.05) is 0 Å². The highest BCUT2D eigenvalue weighted by atomic mass is 35.5. The topological polar surface area (TPSA) is 42.0 Å². The molecule has 0 saturated carbocycles. The van der Waals surface area contributed by atoms with Crippen LogP contribution in [0.25, 0.3) is 0 Å². The molecule has 5 heteroatoms. The van der Waals surface area contributed by atoms with Crippen LogP contribution >= 0.6 is 11.6 Å². The summed E-state index contributed by atoms with van der Waals surface area (Å²) < 4.78 is 13.1. The number of pyridine rings is 1. The van der Waals surface area contributed by atoms with Gasteiger partial charge in [-0.3, -0.25) is 4.79 Å². The van der Waals surface area contributed by atoms with E-state index in [1.54, 1.807) is 6.07 Å². The molecule has 1 heterocycles. The predicted octanol–water partition coefficient (Wildman–Crippen LogP) is 3.11. The monoisotopic (exact) mass is 278 g/mol. The Bertz CT molecular complexity index is 616. The average molecular weight is 279 g/mol. The van der Waals surface area contributed by atoms with Crippen LogP contribution in [0.4, 0.5) is 4.39 Å². The molecular weight excluding hydrogens is 267 g/mol. The molecule has 0 fully saturated rings.